The number of halogens is 5. The van der Waals surface area contributed by atoms with Crippen molar-refractivity contribution in [2.24, 2.45) is 0 Å². The number of anilines is 1. The van der Waals surface area contributed by atoms with Gasteiger partial charge in [-0.25, -0.2) is 4.79 Å². The van der Waals surface area contributed by atoms with Gasteiger partial charge in [-0.05, 0) is 86.3 Å². The van der Waals surface area contributed by atoms with Gasteiger partial charge in [-0.3, -0.25) is 19.4 Å². The number of benzene rings is 3. The van der Waals surface area contributed by atoms with E-state index in [1.807, 2.05) is 0 Å². The van der Waals surface area contributed by atoms with E-state index in [0.29, 0.717) is 29.7 Å². The lowest BCUT2D eigenvalue weighted by molar-refractivity contribution is -0.137. The quantitative estimate of drug-likeness (QED) is 0.129. The zero-order valence-corrected chi connectivity index (χ0v) is 29.3. The summed E-state index contributed by atoms with van der Waals surface area (Å²) in [5.41, 5.74) is 2.17. The summed E-state index contributed by atoms with van der Waals surface area (Å²) in [4.78, 5) is 56.9. The lowest BCUT2D eigenvalue weighted by Gasteiger charge is -2.17. The Kier molecular flexibility index (Phi) is 13.1. The predicted octanol–water partition coefficient (Wildman–Crippen LogP) is 8.13. The Morgan fingerprint density at radius 2 is 1.60 bits per heavy atom. The van der Waals surface area contributed by atoms with Crippen molar-refractivity contribution in [1.82, 2.24) is 9.88 Å². The van der Waals surface area contributed by atoms with Gasteiger partial charge in [0.05, 0.1) is 45.8 Å². The first-order valence-electron chi connectivity index (χ1n) is 15.0. The molecule has 0 saturated carbocycles. The summed E-state index contributed by atoms with van der Waals surface area (Å²) in [5.74, 6) is -1.97. The number of aryl methyl sites for hydroxylation is 3. The molecule has 3 aromatic carbocycles. The van der Waals surface area contributed by atoms with Crippen LogP contribution in [0.2, 0.25) is 5.02 Å². The Hall–Kier alpha value is -4.94. The van der Waals surface area contributed by atoms with E-state index in [2.05, 4.69) is 10.3 Å². The summed E-state index contributed by atoms with van der Waals surface area (Å²) in [6.45, 7) is 3.34. The van der Waals surface area contributed by atoms with Gasteiger partial charge in [-0.1, -0.05) is 29.8 Å². The molecule has 0 radical (unpaired) electrons. The molecule has 2 amide bonds. The smallest absolute Gasteiger partial charge is 0.416 e. The summed E-state index contributed by atoms with van der Waals surface area (Å²) in [7, 11) is 4.37. The first kappa shape index (κ1) is 39.5. The monoisotopic (exact) mass is 731 g/mol. The second-order valence-corrected chi connectivity index (χ2v) is 11.8. The van der Waals surface area contributed by atoms with Crippen molar-refractivity contribution in [3.63, 3.8) is 0 Å². The molecule has 4 rings (SSSR count). The van der Waals surface area contributed by atoms with Crippen molar-refractivity contribution in [3.8, 4) is 17.0 Å². The SMILES string of the molecule is COC(=O)c1cc(C)c(OC(=O)CCCc2ccc(NC(=O)c3ccc(C)nc3-c3ccc(C(F)(F)F)cc3)c(C(=O)N(C)C)c2)c(Cl)c1.Cl. The molecule has 0 aliphatic heterocycles. The fraction of sp³-hybridized carbons (Fsp3) is 0.250. The van der Waals surface area contributed by atoms with Crippen molar-refractivity contribution in [2.75, 3.05) is 26.5 Å². The number of hydrogen-bond acceptors (Lipinski definition) is 7. The highest BCUT2D eigenvalue weighted by Crippen LogP contribution is 2.33. The lowest BCUT2D eigenvalue weighted by atomic mass is 10.0. The molecular weight excluding hydrogens is 698 g/mol. The molecule has 1 N–H and O–H groups in total. The number of methoxy groups -OCH3 is 1. The highest BCUT2D eigenvalue weighted by molar-refractivity contribution is 6.32. The number of esters is 2. The van der Waals surface area contributed by atoms with Crippen LogP contribution in [0.3, 0.4) is 0 Å². The van der Waals surface area contributed by atoms with Crippen molar-refractivity contribution >= 4 is 53.4 Å². The maximum atomic E-state index is 13.5. The van der Waals surface area contributed by atoms with E-state index >= 15 is 0 Å². The van der Waals surface area contributed by atoms with Crippen LogP contribution >= 0.6 is 24.0 Å². The topological polar surface area (TPSA) is 115 Å². The van der Waals surface area contributed by atoms with Crippen LogP contribution in [0.25, 0.3) is 11.3 Å². The second-order valence-electron chi connectivity index (χ2n) is 11.4. The number of alkyl halides is 3. The van der Waals surface area contributed by atoms with Crippen molar-refractivity contribution < 1.29 is 41.8 Å². The van der Waals surface area contributed by atoms with Crippen molar-refractivity contribution in [3.05, 3.63) is 111 Å². The van der Waals surface area contributed by atoms with Gasteiger partial charge in [0.15, 0.2) is 5.75 Å². The van der Waals surface area contributed by atoms with Gasteiger partial charge in [-0.15, -0.1) is 12.4 Å². The van der Waals surface area contributed by atoms with Gasteiger partial charge in [0.1, 0.15) is 0 Å². The number of aromatic nitrogens is 1. The van der Waals surface area contributed by atoms with Crippen LogP contribution in [0, 0.1) is 13.8 Å². The van der Waals surface area contributed by atoms with E-state index in [4.69, 9.17) is 21.1 Å². The normalized spacial score (nSPS) is 10.9. The average Bonchev–Trinajstić information content (AvgIpc) is 3.05. The fourth-order valence-electron chi connectivity index (χ4n) is 4.94. The standard InChI is InChI=1S/C36H33ClF3N3O6.ClH/c1-20-17-24(35(47)48-5)19-28(37)32(20)49-30(44)8-6-7-22-10-16-29(27(18-22)34(46)43(3)4)42-33(45)26-15-9-21(2)41-31(26)23-11-13-25(14-12-23)36(38,39)40;/h9-19H,6-8H2,1-5H3,(H,42,45);1H. The van der Waals surface area contributed by atoms with Gasteiger partial charge in [0, 0.05) is 31.8 Å². The molecule has 50 heavy (non-hydrogen) atoms. The van der Waals surface area contributed by atoms with Crippen molar-refractivity contribution in [1.29, 1.82) is 0 Å². The highest BCUT2D eigenvalue weighted by Gasteiger charge is 2.30. The second kappa shape index (κ2) is 16.6. The van der Waals surface area contributed by atoms with Gasteiger partial charge in [0.2, 0.25) is 0 Å². The van der Waals surface area contributed by atoms with Crippen LogP contribution in [-0.4, -0.2) is 54.8 Å². The molecule has 0 atom stereocenters. The molecule has 0 unspecified atom stereocenters. The van der Waals surface area contributed by atoms with Crippen LogP contribution in [-0.2, 0) is 22.1 Å². The molecule has 0 spiro atoms. The van der Waals surface area contributed by atoms with E-state index in [-0.39, 0.29) is 63.6 Å². The van der Waals surface area contributed by atoms with Gasteiger partial charge >= 0.3 is 18.1 Å². The molecule has 4 aromatic rings. The number of pyridine rings is 1. The number of nitrogens with one attached hydrogen (secondary N) is 1. The van der Waals surface area contributed by atoms with Crippen LogP contribution in [0.1, 0.15) is 66.3 Å². The van der Waals surface area contributed by atoms with E-state index in [1.54, 1.807) is 52.2 Å². The highest BCUT2D eigenvalue weighted by atomic mass is 35.5. The minimum absolute atomic E-state index is 0. The average molecular weight is 733 g/mol. The third-order valence-corrected chi connectivity index (χ3v) is 7.73. The van der Waals surface area contributed by atoms with E-state index in [9.17, 15) is 32.3 Å². The van der Waals surface area contributed by atoms with Crippen LogP contribution in [0.4, 0.5) is 18.9 Å². The number of rotatable bonds is 10. The maximum Gasteiger partial charge on any atom is 0.416 e. The van der Waals surface area contributed by atoms with Crippen LogP contribution in [0.5, 0.6) is 5.75 Å². The van der Waals surface area contributed by atoms with Crippen LogP contribution in [0.15, 0.2) is 66.7 Å². The Labute approximate surface area is 298 Å². The molecule has 1 aromatic heterocycles. The number of nitrogens with zero attached hydrogens (tertiary/aromatic N) is 2. The number of carbonyl (C=O) groups excluding carboxylic acids is 4. The largest absolute Gasteiger partial charge is 0.465 e. The number of carbonyl (C=O) groups is 4. The Balaban J connectivity index is 0.00000676. The van der Waals surface area contributed by atoms with Gasteiger partial charge < -0.3 is 19.7 Å². The predicted molar refractivity (Wildman–Crippen MR) is 185 cm³/mol. The lowest BCUT2D eigenvalue weighted by Crippen LogP contribution is -2.24. The molecule has 0 saturated heterocycles. The van der Waals surface area contributed by atoms with Gasteiger partial charge in [-0.2, -0.15) is 13.2 Å². The summed E-state index contributed by atoms with van der Waals surface area (Å²) in [6, 6.07) is 15.3. The minimum atomic E-state index is -4.52. The molecule has 0 aliphatic carbocycles. The third kappa shape index (κ3) is 9.60. The molecule has 264 valence electrons. The Morgan fingerprint density at radius 1 is 0.920 bits per heavy atom. The molecule has 0 fully saturated rings. The maximum absolute atomic E-state index is 13.5. The summed E-state index contributed by atoms with van der Waals surface area (Å²) in [6.07, 6.45) is -3.73. The molecule has 0 bridgehead atoms. The summed E-state index contributed by atoms with van der Waals surface area (Å²) in [5, 5.41) is 2.85. The first-order chi connectivity index (χ1) is 23.1. The minimum Gasteiger partial charge on any atom is -0.465 e. The zero-order chi connectivity index (χ0) is 36.0. The summed E-state index contributed by atoms with van der Waals surface area (Å²) < 4.78 is 49.6. The number of ether oxygens (including phenoxy) is 2. The zero-order valence-electron chi connectivity index (χ0n) is 27.7. The Bertz CT molecular complexity index is 1890. The van der Waals surface area contributed by atoms with E-state index in [1.165, 1.54) is 42.3 Å². The van der Waals surface area contributed by atoms with Gasteiger partial charge in [0.25, 0.3) is 11.8 Å². The molecule has 9 nitrogen and oxygen atoms in total. The number of hydrogen-bond donors (Lipinski definition) is 1. The first-order valence-corrected chi connectivity index (χ1v) is 15.4. The van der Waals surface area contributed by atoms with E-state index in [0.717, 1.165) is 17.7 Å². The third-order valence-electron chi connectivity index (χ3n) is 7.45. The molecule has 1 heterocycles. The molecule has 0 aliphatic rings. The summed E-state index contributed by atoms with van der Waals surface area (Å²) >= 11 is 6.25. The number of amides is 2. The van der Waals surface area contributed by atoms with Crippen molar-refractivity contribution in [2.45, 2.75) is 39.3 Å². The molecular formula is C36H34Cl2F3N3O6. The Morgan fingerprint density at radius 3 is 2.20 bits per heavy atom. The fourth-order valence-corrected chi connectivity index (χ4v) is 5.24. The molecule has 14 heteroatoms. The van der Waals surface area contributed by atoms with Crippen LogP contribution < -0.4 is 10.1 Å². The van der Waals surface area contributed by atoms with E-state index < -0.39 is 29.6 Å².